The molecule has 28 heavy (non-hydrogen) atoms. The second kappa shape index (κ2) is 9.13. The van der Waals surface area contributed by atoms with Gasteiger partial charge in [-0.2, -0.15) is 0 Å². The number of nitrogens with one attached hydrogen (secondary N) is 1. The summed E-state index contributed by atoms with van der Waals surface area (Å²) in [5.74, 6) is 1.04. The molecule has 0 radical (unpaired) electrons. The number of ether oxygens (including phenoxy) is 1. The topological polar surface area (TPSA) is 64.1 Å². The summed E-state index contributed by atoms with van der Waals surface area (Å²) in [6, 6.07) is 17.8. The van der Waals surface area contributed by atoms with Crippen molar-refractivity contribution >= 4 is 11.9 Å². The van der Waals surface area contributed by atoms with Crippen molar-refractivity contribution in [1.29, 1.82) is 0 Å². The number of hydrogen-bond donors (Lipinski definition) is 1. The molecule has 0 bridgehead atoms. The van der Waals surface area contributed by atoms with Gasteiger partial charge in [0.1, 0.15) is 5.75 Å². The maximum atomic E-state index is 12.2. The Morgan fingerprint density at radius 3 is 2.07 bits per heavy atom. The van der Waals surface area contributed by atoms with Crippen molar-refractivity contribution in [2.24, 2.45) is 0 Å². The maximum Gasteiger partial charge on any atom is 0.230 e. The highest BCUT2D eigenvalue weighted by Crippen LogP contribution is 2.27. The van der Waals surface area contributed by atoms with Crippen molar-refractivity contribution in [2.75, 3.05) is 12.4 Å². The van der Waals surface area contributed by atoms with E-state index in [1.165, 1.54) is 5.56 Å². The van der Waals surface area contributed by atoms with Gasteiger partial charge in [-0.15, -0.1) is 0 Å². The molecule has 0 aliphatic rings. The van der Waals surface area contributed by atoms with Gasteiger partial charge in [-0.3, -0.25) is 10.1 Å². The molecule has 0 aliphatic carbocycles. The number of rotatable bonds is 7. The van der Waals surface area contributed by atoms with Crippen molar-refractivity contribution in [2.45, 2.75) is 33.1 Å². The number of benzene rings is 2. The third kappa shape index (κ3) is 4.94. The highest BCUT2D eigenvalue weighted by molar-refractivity contribution is 5.89. The fraction of sp³-hybridized carbons (Fsp3) is 0.261. The van der Waals surface area contributed by atoms with Crippen LogP contribution in [0.2, 0.25) is 0 Å². The lowest BCUT2D eigenvalue weighted by Gasteiger charge is -2.10. The Bertz CT molecular complexity index is 935. The van der Waals surface area contributed by atoms with E-state index in [2.05, 4.69) is 22.2 Å². The van der Waals surface area contributed by atoms with E-state index < -0.39 is 0 Å². The zero-order valence-electron chi connectivity index (χ0n) is 16.5. The molecule has 0 unspecified atom stereocenters. The third-order valence-corrected chi connectivity index (χ3v) is 4.47. The van der Waals surface area contributed by atoms with E-state index in [4.69, 9.17) is 4.74 Å². The third-order valence-electron chi connectivity index (χ3n) is 4.47. The summed E-state index contributed by atoms with van der Waals surface area (Å²) in [4.78, 5) is 21.3. The zero-order valence-corrected chi connectivity index (χ0v) is 16.5. The molecule has 2 aromatic carbocycles. The number of hydrogen-bond acceptors (Lipinski definition) is 4. The maximum absolute atomic E-state index is 12.2. The Balaban J connectivity index is 1.99. The lowest BCUT2D eigenvalue weighted by molar-refractivity contribution is -0.116. The minimum atomic E-state index is -0.0661. The molecular formula is C23H25N3O2. The summed E-state index contributed by atoms with van der Waals surface area (Å²) in [5.41, 5.74) is 4.61. The molecule has 3 rings (SSSR count). The largest absolute Gasteiger partial charge is 0.497 e. The second-order valence-corrected chi connectivity index (χ2v) is 6.71. The van der Waals surface area contributed by atoms with E-state index in [0.29, 0.717) is 12.4 Å². The summed E-state index contributed by atoms with van der Waals surface area (Å²) in [7, 11) is 1.64. The van der Waals surface area contributed by atoms with Gasteiger partial charge in [-0.25, -0.2) is 9.97 Å². The molecule has 0 fully saturated rings. The van der Waals surface area contributed by atoms with Gasteiger partial charge >= 0.3 is 0 Å². The average Bonchev–Trinajstić information content (AvgIpc) is 2.72. The minimum Gasteiger partial charge on any atom is -0.497 e. The van der Waals surface area contributed by atoms with Crippen LogP contribution in [0, 0.1) is 6.92 Å². The van der Waals surface area contributed by atoms with E-state index in [1.54, 1.807) is 7.11 Å². The van der Waals surface area contributed by atoms with Crippen LogP contribution in [0.1, 0.15) is 31.7 Å². The summed E-state index contributed by atoms with van der Waals surface area (Å²) in [5, 5.41) is 2.85. The van der Waals surface area contributed by atoms with Gasteiger partial charge in [0, 0.05) is 17.5 Å². The summed E-state index contributed by atoms with van der Waals surface area (Å²) >= 11 is 0. The fourth-order valence-electron chi connectivity index (χ4n) is 2.81. The first kappa shape index (κ1) is 19.5. The molecule has 1 N–H and O–H groups in total. The van der Waals surface area contributed by atoms with E-state index >= 15 is 0 Å². The molecule has 0 aliphatic heterocycles. The van der Waals surface area contributed by atoms with Gasteiger partial charge in [-0.05, 0) is 43.7 Å². The number of anilines is 1. The standard InChI is InChI=1S/C23H25N3O2/c1-4-5-6-22(27)26-23-24-20(17-9-7-16(2)8-10-17)15-21(25-23)18-11-13-19(28-3)14-12-18/h7-15H,4-6H2,1-3H3,(H,24,25,26,27). The van der Waals surface area contributed by atoms with Gasteiger partial charge in [0.15, 0.2) is 0 Å². The van der Waals surface area contributed by atoms with Crippen LogP contribution in [0.3, 0.4) is 0 Å². The Labute approximate surface area is 165 Å². The molecule has 5 heteroatoms. The molecule has 0 saturated heterocycles. The second-order valence-electron chi connectivity index (χ2n) is 6.71. The number of unbranched alkanes of at least 4 members (excludes halogenated alkanes) is 1. The zero-order chi connectivity index (χ0) is 19.9. The van der Waals surface area contributed by atoms with E-state index in [9.17, 15) is 4.79 Å². The lowest BCUT2D eigenvalue weighted by atomic mass is 10.1. The number of aromatic nitrogens is 2. The molecule has 0 atom stereocenters. The molecule has 144 valence electrons. The van der Waals surface area contributed by atoms with Crippen LogP contribution in [0.15, 0.2) is 54.6 Å². The van der Waals surface area contributed by atoms with Crippen LogP contribution in [0.4, 0.5) is 5.95 Å². The molecule has 1 amide bonds. The molecule has 1 aromatic heterocycles. The fourth-order valence-corrected chi connectivity index (χ4v) is 2.81. The normalized spacial score (nSPS) is 10.5. The SMILES string of the molecule is CCCCC(=O)Nc1nc(-c2ccc(C)cc2)cc(-c2ccc(OC)cc2)n1. The number of amides is 1. The Kier molecular flexibility index (Phi) is 6.37. The van der Waals surface area contributed by atoms with Crippen LogP contribution >= 0.6 is 0 Å². The van der Waals surface area contributed by atoms with Crippen molar-refractivity contribution in [3.05, 3.63) is 60.2 Å². The first-order valence-corrected chi connectivity index (χ1v) is 9.49. The number of nitrogens with zero attached hydrogens (tertiary/aromatic N) is 2. The van der Waals surface area contributed by atoms with Crippen molar-refractivity contribution < 1.29 is 9.53 Å². The predicted molar refractivity (Wildman–Crippen MR) is 112 cm³/mol. The van der Waals surface area contributed by atoms with Crippen LogP contribution in [-0.4, -0.2) is 23.0 Å². The van der Waals surface area contributed by atoms with E-state index in [1.807, 2.05) is 61.5 Å². The molecular weight excluding hydrogens is 350 g/mol. The summed E-state index contributed by atoms with van der Waals surface area (Å²) < 4.78 is 5.23. The van der Waals surface area contributed by atoms with E-state index in [-0.39, 0.29) is 5.91 Å². The Hall–Kier alpha value is -3.21. The molecule has 0 spiro atoms. The number of aryl methyl sites for hydroxylation is 1. The van der Waals surface area contributed by atoms with Crippen LogP contribution in [0.25, 0.3) is 22.5 Å². The molecule has 1 heterocycles. The van der Waals surface area contributed by atoms with Gasteiger partial charge < -0.3 is 4.74 Å². The lowest BCUT2D eigenvalue weighted by Crippen LogP contribution is -2.14. The average molecular weight is 375 g/mol. The minimum absolute atomic E-state index is 0.0661. The quantitative estimate of drug-likeness (QED) is 0.612. The van der Waals surface area contributed by atoms with Gasteiger partial charge in [0.2, 0.25) is 11.9 Å². The predicted octanol–water partition coefficient (Wildman–Crippen LogP) is 5.26. The molecule has 3 aromatic rings. The number of carbonyl (C=O) groups is 1. The van der Waals surface area contributed by atoms with Crippen molar-refractivity contribution in [1.82, 2.24) is 9.97 Å². The Morgan fingerprint density at radius 2 is 1.54 bits per heavy atom. The summed E-state index contributed by atoms with van der Waals surface area (Å²) in [6.07, 6.45) is 2.27. The first-order valence-electron chi connectivity index (χ1n) is 9.49. The molecule has 0 saturated carbocycles. The van der Waals surface area contributed by atoms with Crippen molar-refractivity contribution in [3.63, 3.8) is 0 Å². The van der Waals surface area contributed by atoms with Gasteiger partial charge in [0.05, 0.1) is 18.5 Å². The molecule has 5 nitrogen and oxygen atoms in total. The van der Waals surface area contributed by atoms with Gasteiger partial charge in [-0.1, -0.05) is 43.2 Å². The summed E-state index contributed by atoms with van der Waals surface area (Å²) in [6.45, 7) is 4.11. The van der Waals surface area contributed by atoms with Gasteiger partial charge in [0.25, 0.3) is 0 Å². The number of methoxy groups -OCH3 is 1. The highest BCUT2D eigenvalue weighted by Gasteiger charge is 2.11. The monoisotopic (exact) mass is 375 g/mol. The Morgan fingerprint density at radius 1 is 0.964 bits per heavy atom. The van der Waals surface area contributed by atoms with Crippen molar-refractivity contribution in [3.8, 4) is 28.3 Å². The first-order chi connectivity index (χ1) is 13.6. The van der Waals surface area contributed by atoms with Crippen LogP contribution in [-0.2, 0) is 4.79 Å². The number of carbonyl (C=O) groups excluding carboxylic acids is 1. The van der Waals surface area contributed by atoms with Crippen LogP contribution in [0.5, 0.6) is 5.75 Å². The van der Waals surface area contributed by atoms with Crippen LogP contribution < -0.4 is 10.1 Å². The highest BCUT2D eigenvalue weighted by atomic mass is 16.5. The smallest absolute Gasteiger partial charge is 0.230 e. The van der Waals surface area contributed by atoms with E-state index in [0.717, 1.165) is 41.1 Å².